The molecule has 0 radical (unpaired) electrons. The van der Waals surface area contributed by atoms with Crippen LogP contribution in [0.5, 0.6) is 5.88 Å². The number of aromatic nitrogens is 2. The van der Waals surface area contributed by atoms with Crippen molar-refractivity contribution in [1.29, 1.82) is 0 Å². The van der Waals surface area contributed by atoms with Crippen molar-refractivity contribution in [1.82, 2.24) is 9.97 Å². The molecule has 3 aromatic rings. The average Bonchev–Trinajstić information content (AvgIpc) is 2.46. The maximum absolute atomic E-state index is 12.5. The molecule has 0 aliphatic heterocycles. The predicted octanol–water partition coefficient (Wildman–Crippen LogP) is 3.77. The fourth-order valence-electron chi connectivity index (χ4n) is 2.70. The molecule has 0 unspecified atom stereocenters. The molecule has 110 valence electrons. The van der Waals surface area contributed by atoms with Gasteiger partial charge in [0.2, 0.25) is 5.88 Å². The van der Waals surface area contributed by atoms with E-state index in [0.717, 1.165) is 27.6 Å². The minimum atomic E-state index is -0.390. The van der Waals surface area contributed by atoms with Gasteiger partial charge in [-0.15, -0.1) is 0 Å². The third-order valence-electron chi connectivity index (χ3n) is 3.58. The normalized spacial score (nSPS) is 10.7. The number of esters is 1. The molecule has 0 N–H and O–H groups in total. The first-order valence-electron chi connectivity index (χ1n) is 7.06. The molecule has 0 aliphatic rings. The summed E-state index contributed by atoms with van der Waals surface area (Å²) >= 11 is 0. The fraction of sp³-hybridized carbons (Fsp3) is 0.167. The van der Waals surface area contributed by atoms with Gasteiger partial charge in [0.25, 0.3) is 0 Å². The molecule has 3 rings (SSSR count). The minimum Gasteiger partial charge on any atom is -0.403 e. The Morgan fingerprint density at radius 2 is 1.68 bits per heavy atom. The van der Waals surface area contributed by atoms with Crippen LogP contribution in [-0.2, 0) is 0 Å². The lowest BCUT2D eigenvalue weighted by Gasteiger charge is -2.11. The summed E-state index contributed by atoms with van der Waals surface area (Å²) in [6.45, 7) is 5.83. The second-order valence-electron chi connectivity index (χ2n) is 5.36. The zero-order valence-electron chi connectivity index (χ0n) is 12.8. The fourth-order valence-corrected chi connectivity index (χ4v) is 2.70. The monoisotopic (exact) mass is 292 g/mol. The minimum absolute atomic E-state index is 0.287. The molecule has 2 aromatic carbocycles. The number of para-hydroxylation sites is 1. The Bertz CT molecular complexity index is 844. The van der Waals surface area contributed by atoms with Crippen LogP contribution in [0.2, 0.25) is 0 Å². The molecular weight excluding hydrogens is 276 g/mol. The maximum Gasteiger partial charge on any atom is 0.345 e. The molecule has 1 aromatic heterocycles. The summed E-state index contributed by atoms with van der Waals surface area (Å²) in [5, 5.41) is 0.723. The lowest BCUT2D eigenvalue weighted by molar-refractivity contribution is 0.0728. The first kappa shape index (κ1) is 14.2. The number of ether oxygens (including phenoxy) is 1. The van der Waals surface area contributed by atoms with Crippen molar-refractivity contribution in [3.05, 3.63) is 65.0 Å². The van der Waals surface area contributed by atoms with Crippen molar-refractivity contribution in [2.24, 2.45) is 0 Å². The molecule has 0 bridgehead atoms. The highest BCUT2D eigenvalue weighted by molar-refractivity contribution is 5.96. The summed E-state index contributed by atoms with van der Waals surface area (Å²) in [5.74, 6) is -0.103. The van der Waals surface area contributed by atoms with E-state index in [-0.39, 0.29) is 11.8 Å². The lowest BCUT2D eigenvalue weighted by Crippen LogP contribution is -2.13. The number of hydrogen-bond acceptors (Lipinski definition) is 4. The molecule has 1 heterocycles. The Hall–Kier alpha value is -2.75. The van der Waals surface area contributed by atoms with Crippen LogP contribution in [0.1, 0.15) is 27.0 Å². The SMILES string of the molecule is Cc1cc(C)c(C(=O)Oc2ncnc3ccccc23)c(C)c1. The molecule has 0 amide bonds. The molecule has 4 heteroatoms. The predicted molar refractivity (Wildman–Crippen MR) is 85.1 cm³/mol. The Labute approximate surface area is 128 Å². The second-order valence-corrected chi connectivity index (χ2v) is 5.36. The van der Waals surface area contributed by atoms with Crippen LogP contribution in [0.4, 0.5) is 0 Å². The van der Waals surface area contributed by atoms with Crippen LogP contribution in [0, 0.1) is 20.8 Å². The quantitative estimate of drug-likeness (QED) is 0.675. The van der Waals surface area contributed by atoms with Crippen molar-refractivity contribution in [2.75, 3.05) is 0 Å². The number of fused-ring (bicyclic) bond motifs is 1. The number of benzene rings is 2. The van der Waals surface area contributed by atoms with E-state index in [1.807, 2.05) is 57.2 Å². The van der Waals surface area contributed by atoms with Gasteiger partial charge in [0, 0.05) is 0 Å². The first-order chi connectivity index (χ1) is 10.6. The molecule has 4 nitrogen and oxygen atoms in total. The molecule has 22 heavy (non-hydrogen) atoms. The van der Waals surface area contributed by atoms with Gasteiger partial charge in [-0.1, -0.05) is 29.8 Å². The van der Waals surface area contributed by atoms with E-state index < -0.39 is 0 Å². The number of carbonyl (C=O) groups is 1. The number of hydrogen-bond donors (Lipinski definition) is 0. The van der Waals surface area contributed by atoms with E-state index in [1.165, 1.54) is 6.33 Å². The van der Waals surface area contributed by atoms with Crippen LogP contribution in [0.25, 0.3) is 10.9 Å². The summed E-state index contributed by atoms with van der Waals surface area (Å²) < 4.78 is 5.53. The van der Waals surface area contributed by atoms with Gasteiger partial charge in [-0.05, 0) is 44.0 Å². The molecule has 0 atom stereocenters. The van der Waals surface area contributed by atoms with E-state index in [4.69, 9.17) is 4.74 Å². The van der Waals surface area contributed by atoms with Crippen molar-refractivity contribution in [3.63, 3.8) is 0 Å². The summed E-state index contributed by atoms with van der Waals surface area (Å²) in [6, 6.07) is 11.4. The average molecular weight is 292 g/mol. The highest BCUT2D eigenvalue weighted by Gasteiger charge is 2.17. The molecular formula is C18H16N2O2. The summed E-state index contributed by atoms with van der Waals surface area (Å²) in [6.07, 6.45) is 1.40. The van der Waals surface area contributed by atoms with Crippen molar-refractivity contribution < 1.29 is 9.53 Å². The van der Waals surface area contributed by atoms with E-state index in [1.54, 1.807) is 0 Å². The van der Waals surface area contributed by atoms with Gasteiger partial charge in [-0.2, -0.15) is 0 Å². The third kappa shape index (κ3) is 2.55. The number of carbonyl (C=O) groups excluding carboxylic acids is 1. The number of nitrogens with zero attached hydrogens (tertiary/aromatic N) is 2. The number of aryl methyl sites for hydroxylation is 3. The van der Waals surface area contributed by atoms with E-state index in [9.17, 15) is 4.79 Å². The first-order valence-corrected chi connectivity index (χ1v) is 7.06. The van der Waals surface area contributed by atoms with Gasteiger partial charge in [0.15, 0.2) is 0 Å². The topological polar surface area (TPSA) is 52.1 Å². The molecule has 0 fully saturated rings. The van der Waals surface area contributed by atoms with E-state index in [2.05, 4.69) is 9.97 Å². The Morgan fingerprint density at radius 1 is 1.00 bits per heavy atom. The Morgan fingerprint density at radius 3 is 2.41 bits per heavy atom. The zero-order chi connectivity index (χ0) is 15.7. The standard InChI is InChI=1S/C18H16N2O2/c1-11-8-12(2)16(13(3)9-11)18(21)22-17-14-6-4-5-7-15(14)19-10-20-17/h4-10H,1-3H3. The Balaban J connectivity index is 2.01. The lowest BCUT2D eigenvalue weighted by atomic mass is 10.00. The van der Waals surface area contributed by atoms with E-state index >= 15 is 0 Å². The third-order valence-corrected chi connectivity index (χ3v) is 3.58. The summed E-state index contributed by atoms with van der Waals surface area (Å²) in [4.78, 5) is 20.8. The zero-order valence-corrected chi connectivity index (χ0v) is 12.8. The van der Waals surface area contributed by atoms with Gasteiger partial charge < -0.3 is 4.74 Å². The van der Waals surface area contributed by atoms with Crippen molar-refractivity contribution >= 4 is 16.9 Å². The van der Waals surface area contributed by atoms with E-state index in [0.29, 0.717) is 5.56 Å². The Kier molecular flexibility index (Phi) is 3.59. The molecule has 0 saturated carbocycles. The van der Waals surface area contributed by atoms with Gasteiger partial charge in [-0.3, -0.25) is 0 Å². The van der Waals surface area contributed by atoms with Gasteiger partial charge in [0.1, 0.15) is 6.33 Å². The number of rotatable bonds is 2. The van der Waals surface area contributed by atoms with Crippen molar-refractivity contribution in [2.45, 2.75) is 20.8 Å². The largest absolute Gasteiger partial charge is 0.403 e. The molecule has 0 aliphatic carbocycles. The highest BCUT2D eigenvalue weighted by Crippen LogP contribution is 2.23. The smallest absolute Gasteiger partial charge is 0.345 e. The maximum atomic E-state index is 12.5. The van der Waals surface area contributed by atoms with Crippen LogP contribution >= 0.6 is 0 Å². The van der Waals surface area contributed by atoms with Crippen LogP contribution in [0.15, 0.2) is 42.7 Å². The highest BCUT2D eigenvalue weighted by atomic mass is 16.5. The molecule has 0 spiro atoms. The van der Waals surface area contributed by atoms with Gasteiger partial charge in [-0.25, -0.2) is 14.8 Å². The van der Waals surface area contributed by atoms with Crippen molar-refractivity contribution in [3.8, 4) is 5.88 Å². The van der Waals surface area contributed by atoms with Gasteiger partial charge >= 0.3 is 5.97 Å². The van der Waals surface area contributed by atoms with Crippen LogP contribution < -0.4 is 4.74 Å². The second kappa shape index (κ2) is 5.56. The van der Waals surface area contributed by atoms with Crippen LogP contribution in [-0.4, -0.2) is 15.9 Å². The van der Waals surface area contributed by atoms with Crippen LogP contribution in [0.3, 0.4) is 0 Å². The summed E-state index contributed by atoms with van der Waals surface area (Å²) in [5.41, 5.74) is 4.27. The molecule has 0 saturated heterocycles. The summed E-state index contributed by atoms with van der Waals surface area (Å²) in [7, 11) is 0. The van der Waals surface area contributed by atoms with Gasteiger partial charge in [0.05, 0.1) is 16.5 Å².